The first-order valence-corrected chi connectivity index (χ1v) is 5.03. The van der Waals surface area contributed by atoms with E-state index in [2.05, 4.69) is 4.98 Å². The number of ether oxygens (including phenoxy) is 1. The van der Waals surface area contributed by atoms with Crippen LogP contribution in [0.2, 0.25) is 0 Å². The SMILES string of the molecule is COc1ccc(N)c(N(CCO)CC(F)F)n1. The van der Waals surface area contributed by atoms with Crippen LogP contribution in [-0.2, 0) is 0 Å². The fourth-order valence-electron chi connectivity index (χ4n) is 1.38. The quantitative estimate of drug-likeness (QED) is 0.775. The second-order valence-electron chi connectivity index (χ2n) is 3.33. The van der Waals surface area contributed by atoms with Crippen LogP contribution in [-0.4, -0.2) is 43.3 Å². The summed E-state index contributed by atoms with van der Waals surface area (Å²) in [6.45, 7) is -0.759. The van der Waals surface area contributed by atoms with E-state index in [4.69, 9.17) is 15.6 Å². The van der Waals surface area contributed by atoms with Gasteiger partial charge in [-0.2, -0.15) is 4.98 Å². The number of methoxy groups -OCH3 is 1. The highest BCUT2D eigenvalue weighted by atomic mass is 19.3. The van der Waals surface area contributed by atoms with Crippen molar-refractivity contribution in [3.05, 3.63) is 12.1 Å². The molecule has 0 radical (unpaired) electrons. The molecule has 0 aliphatic carbocycles. The smallest absolute Gasteiger partial charge is 0.255 e. The van der Waals surface area contributed by atoms with Gasteiger partial charge in [-0.05, 0) is 6.07 Å². The van der Waals surface area contributed by atoms with Crippen LogP contribution in [0, 0.1) is 0 Å². The lowest BCUT2D eigenvalue weighted by Gasteiger charge is -2.23. The van der Waals surface area contributed by atoms with Gasteiger partial charge in [0.25, 0.3) is 6.43 Å². The monoisotopic (exact) mass is 247 g/mol. The average Bonchev–Trinajstić information content (AvgIpc) is 2.28. The van der Waals surface area contributed by atoms with Crippen molar-refractivity contribution in [2.45, 2.75) is 6.43 Å². The van der Waals surface area contributed by atoms with Gasteiger partial charge in [0.05, 0.1) is 25.9 Å². The molecule has 1 aromatic heterocycles. The van der Waals surface area contributed by atoms with E-state index in [0.717, 1.165) is 0 Å². The molecule has 1 aromatic rings. The molecule has 0 saturated carbocycles. The normalized spacial score (nSPS) is 10.6. The summed E-state index contributed by atoms with van der Waals surface area (Å²) in [5.41, 5.74) is 5.93. The third kappa shape index (κ3) is 3.70. The highest BCUT2D eigenvalue weighted by Gasteiger charge is 2.16. The van der Waals surface area contributed by atoms with Gasteiger partial charge < -0.3 is 20.5 Å². The number of nitrogens with two attached hydrogens (primary N) is 1. The maximum atomic E-state index is 12.4. The van der Waals surface area contributed by atoms with Crippen molar-refractivity contribution in [3.63, 3.8) is 0 Å². The number of aromatic nitrogens is 1. The molecule has 96 valence electrons. The lowest BCUT2D eigenvalue weighted by molar-refractivity contribution is 0.152. The summed E-state index contributed by atoms with van der Waals surface area (Å²) in [7, 11) is 1.42. The Bertz CT molecular complexity index is 363. The Labute approximate surface area is 97.8 Å². The summed E-state index contributed by atoms with van der Waals surface area (Å²) >= 11 is 0. The minimum atomic E-state index is -2.53. The Morgan fingerprint density at radius 3 is 2.76 bits per heavy atom. The van der Waals surface area contributed by atoms with E-state index in [1.54, 1.807) is 6.07 Å². The fraction of sp³-hybridized carbons (Fsp3) is 0.500. The van der Waals surface area contributed by atoms with E-state index >= 15 is 0 Å². The molecule has 5 nitrogen and oxygen atoms in total. The van der Waals surface area contributed by atoms with Gasteiger partial charge >= 0.3 is 0 Å². The largest absolute Gasteiger partial charge is 0.481 e. The standard InChI is InChI=1S/C10H15F2N3O2/c1-17-9-3-2-7(13)10(14-9)15(4-5-16)6-8(11)12/h2-3,8,16H,4-6,13H2,1H3. The number of aliphatic hydroxyl groups excluding tert-OH is 1. The van der Waals surface area contributed by atoms with Crippen LogP contribution in [0.4, 0.5) is 20.3 Å². The summed E-state index contributed by atoms with van der Waals surface area (Å²) in [5, 5.41) is 8.84. The number of nitrogens with zero attached hydrogens (tertiary/aromatic N) is 2. The first-order chi connectivity index (χ1) is 8.08. The van der Waals surface area contributed by atoms with Crippen molar-refractivity contribution in [2.75, 3.05) is 37.4 Å². The molecule has 0 unspecified atom stereocenters. The number of rotatable bonds is 6. The van der Waals surface area contributed by atoms with Crippen LogP contribution in [0.5, 0.6) is 5.88 Å². The van der Waals surface area contributed by atoms with Crippen molar-refractivity contribution >= 4 is 11.5 Å². The average molecular weight is 247 g/mol. The first-order valence-electron chi connectivity index (χ1n) is 5.03. The van der Waals surface area contributed by atoms with Crippen LogP contribution in [0.15, 0.2) is 12.1 Å². The molecule has 3 N–H and O–H groups in total. The molecule has 0 aliphatic heterocycles. The number of hydrogen-bond donors (Lipinski definition) is 2. The number of aliphatic hydroxyl groups is 1. The Morgan fingerprint density at radius 1 is 1.53 bits per heavy atom. The van der Waals surface area contributed by atoms with Gasteiger partial charge in [0.2, 0.25) is 5.88 Å². The zero-order valence-electron chi connectivity index (χ0n) is 9.44. The van der Waals surface area contributed by atoms with Crippen LogP contribution in [0.1, 0.15) is 0 Å². The molecular formula is C10H15F2N3O2. The van der Waals surface area contributed by atoms with Crippen LogP contribution in [0.3, 0.4) is 0 Å². The van der Waals surface area contributed by atoms with Crippen molar-refractivity contribution in [2.24, 2.45) is 0 Å². The van der Waals surface area contributed by atoms with E-state index in [9.17, 15) is 8.78 Å². The zero-order valence-corrected chi connectivity index (χ0v) is 9.44. The maximum Gasteiger partial charge on any atom is 0.255 e. The molecule has 0 fully saturated rings. The molecular weight excluding hydrogens is 232 g/mol. The third-order valence-electron chi connectivity index (χ3n) is 2.12. The first kappa shape index (κ1) is 13.4. The number of anilines is 2. The van der Waals surface area contributed by atoms with Gasteiger partial charge in [-0.25, -0.2) is 8.78 Å². The van der Waals surface area contributed by atoms with Crippen molar-refractivity contribution < 1.29 is 18.6 Å². The van der Waals surface area contributed by atoms with Gasteiger partial charge in [0.15, 0.2) is 5.82 Å². The lowest BCUT2D eigenvalue weighted by atomic mass is 10.3. The summed E-state index contributed by atoms with van der Waals surface area (Å²) in [5.74, 6) is 0.477. The molecule has 1 rings (SSSR count). The highest BCUT2D eigenvalue weighted by molar-refractivity contribution is 5.63. The highest BCUT2D eigenvalue weighted by Crippen LogP contribution is 2.24. The molecule has 7 heteroatoms. The topological polar surface area (TPSA) is 71.6 Å². The molecule has 0 saturated heterocycles. The Kier molecular flexibility index (Phi) is 4.89. The van der Waals surface area contributed by atoms with Crippen molar-refractivity contribution in [1.82, 2.24) is 4.98 Å². The molecule has 0 bridgehead atoms. The molecule has 0 spiro atoms. The van der Waals surface area contributed by atoms with E-state index < -0.39 is 13.0 Å². The Hall–Kier alpha value is -1.63. The van der Waals surface area contributed by atoms with Gasteiger partial charge in [0.1, 0.15) is 0 Å². The molecule has 0 aliphatic rings. The molecule has 0 aromatic carbocycles. The maximum absolute atomic E-state index is 12.4. The minimum absolute atomic E-state index is 0.0364. The van der Waals surface area contributed by atoms with Gasteiger partial charge in [-0.15, -0.1) is 0 Å². The second kappa shape index (κ2) is 6.19. The van der Waals surface area contributed by atoms with Crippen molar-refractivity contribution in [1.29, 1.82) is 0 Å². The van der Waals surface area contributed by atoms with E-state index in [1.165, 1.54) is 18.1 Å². The lowest BCUT2D eigenvalue weighted by Crippen LogP contribution is -2.33. The van der Waals surface area contributed by atoms with Crippen molar-refractivity contribution in [3.8, 4) is 5.88 Å². The van der Waals surface area contributed by atoms with E-state index in [-0.39, 0.29) is 30.5 Å². The minimum Gasteiger partial charge on any atom is -0.481 e. The Balaban J connectivity index is 2.98. The molecule has 17 heavy (non-hydrogen) atoms. The molecule has 0 amide bonds. The molecule has 0 atom stereocenters. The summed E-state index contributed by atoms with van der Waals surface area (Å²) in [6, 6.07) is 3.06. The molecule has 1 heterocycles. The van der Waals surface area contributed by atoms with Gasteiger partial charge in [-0.3, -0.25) is 0 Å². The Morgan fingerprint density at radius 2 is 2.24 bits per heavy atom. The van der Waals surface area contributed by atoms with Crippen LogP contribution >= 0.6 is 0 Å². The summed E-state index contributed by atoms with van der Waals surface area (Å²) < 4.78 is 29.7. The van der Waals surface area contributed by atoms with Crippen LogP contribution in [0.25, 0.3) is 0 Å². The number of hydrogen-bond acceptors (Lipinski definition) is 5. The third-order valence-corrected chi connectivity index (χ3v) is 2.12. The van der Waals surface area contributed by atoms with E-state index in [1.807, 2.05) is 0 Å². The van der Waals surface area contributed by atoms with Gasteiger partial charge in [-0.1, -0.05) is 0 Å². The number of halogens is 2. The van der Waals surface area contributed by atoms with E-state index in [0.29, 0.717) is 0 Å². The number of nitrogen functional groups attached to an aromatic ring is 1. The number of pyridine rings is 1. The summed E-state index contributed by atoms with van der Waals surface area (Å²) in [4.78, 5) is 5.22. The van der Waals surface area contributed by atoms with Gasteiger partial charge in [0, 0.05) is 12.6 Å². The fourth-order valence-corrected chi connectivity index (χ4v) is 1.38. The van der Waals surface area contributed by atoms with Crippen LogP contribution < -0.4 is 15.4 Å². The zero-order chi connectivity index (χ0) is 12.8. The predicted molar refractivity (Wildman–Crippen MR) is 60.5 cm³/mol. The summed E-state index contributed by atoms with van der Waals surface area (Å²) in [6.07, 6.45) is -2.53. The number of alkyl halides is 2. The second-order valence-corrected chi connectivity index (χ2v) is 3.33. The predicted octanol–water partition coefficient (Wildman–Crippen LogP) is 0.736.